The van der Waals surface area contributed by atoms with E-state index in [1.807, 2.05) is 48.7 Å². The van der Waals surface area contributed by atoms with Crippen LogP contribution >= 0.6 is 0 Å². The number of aromatic nitrogens is 3. The Hall–Kier alpha value is -3.34. The average molecular weight is 399 g/mol. The molecule has 152 valence electrons. The van der Waals surface area contributed by atoms with E-state index in [0.29, 0.717) is 18.0 Å². The van der Waals surface area contributed by atoms with Gasteiger partial charge >= 0.3 is 0 Å². The predicted octanol–water partition coefficient (Wildman–Crippen LogP) is 5.13. The van der Waals surface area contributed by atoms with Crippen LogP contribution in [0.2, 0.25) is 0 Å². The van der Waals surface area contributed by atoms with Crippen LogP contribution in [0.15, 0.2) is 60.8 Å². The highest BCUT2D eigenvalue weighted by Gasteiger charge is 2.22. The summed E-state index contributed by atoms with van der Waals surface area (Å²) in [5.74, 6) is 1.01. The monoisotopic (exact) mass is 399 g/mol. The van der Waals surface area contributed by atoms with Crippen molar-refractivity contribution in [1.82, 2.24) is 14.4 Å². The lowest BCUT2D eigenvalue weighted by atomic mass is 10.0. The zero-order chi connectivity index (χ0) is 20.5. The van der Waals surface area contributed by atoms with E-state index in [1.165, 1.54) is 25.7 Å². The Balaban J connectivity index is 1.61. The van der Waals surface area contributed by atoms with Crippen molar-refractivity contribution in [2.75, 3.05) is 0 Å². The minimum Gasteiger partial charge on any atom is -0.508 e. The smallest absolute Gasteiger partial charge is 0.219 e. The second kappa shape index (κ2) is 7.82. The van der Waals surface area contributed by atoms with Crippen LogP contribution < -0.4 is 0 Å². The summed E-state index contributed by atoms with van der Waals surface area (Å²) in [6.45, 7) is 0. The van der Waals surface area contributed by atoms with E-state index in [0.717, 1.165) is 34.6 Å². The SMILES string of the molecule is Oc1ccc(-c2cn3c(O)c(Cc4ccccc4)nc3c(CC3CCCC3)n2)cc1. The van der Waals surface area contributed by atoms with Crippen molar-refractivity contribution in [2.45, 2.75) is 38.5 Å². The van der Waals surface area contributed by atoms with E-state index >= 15 is 0 Å². The van der Waals surface area contributed by atoms with Gasteiger partial charge in [-0.15, -0.1) is 0 Å². The maximum absolute atomic E-state index is 11.0. The van der Waals surface area contributed by atoms with Crippen molar-refractivity contribution in [2.24, 2.45) is 5.92 Å². The van der Waals surface area contributed by atoms with Gasteiger partial charge in [-0.05, 0) is 42.2 Å². The van der Waals surface area contributed by atoms with Gasteiger partial charge < -0.3 is 10.2 Å². The molecule has 0 bridgehead atoms. The van der Waals surface area contributed by atoms with Crippen molar-refractivity contribution in [3.05, 3.63) is 77.7 Å². The number of phenols is 1. The maximum Gasteiger partial charge on any atom is 0.219 e. The van der Waals surface area contributed by atoms with Crippen molar-refractivity contribution < 1.29 is 10.2 Å². The second-order valence-electron chi connectivity index (χ2n) is 8.21. The summed E-state index contributed by atoms with van der Waals surface area (Å²) in [5.41, 5.74) is 5.13. The number of rotatable bonds is 5. The minimum atomic E-state index is 0.170. The Morgan fingerprint density at radius 1 is 0.867 bits per heavy atom. The fourth-order valence-corrected chi connectivity index (χ4v) is 4.45. The highest BCUT2D eigenvalue weighted by Crippen LogP contribution is 2.32. The van der Waals surface area contributed by atoms with Crippen LogP contribution in [0.4, 0.5) is 0 Å². The molecule has 0 aliphatic heterocycles. The van der Waals surface area contributed by atoms with Crippen molar-refractivity contribution in [1.29, 1.82) is 0 Å². The Morgan fingerprint density at radius 2 is 1.60 bits per heavy atom. The molecule has 5 rings (SSSR count). The summed E-state index contributed by atoms with van der Waals surface area (Å²) >= 11 is 0. The first-order chi connectivity index (χ1) is 14.7. The quantitative estimate of drug-likeness (QED) is 0.488. The number of nitrogens with zero attached hydrogens (tertiary/aromatic N) is 3. The Kier molecular flexibility index (Phi) is 4.87. The molecule has 2 aromatic carbocycles. The molecule has 5 nitrogen and oxygen atoms in total. The molecule has 0 unspecified atom stereocenters. The summed E-state index contributed by atoms with van der Waals surface area (Å²) in [7, 11) is 0. The molecule has 0 spiro atoms. The van der Waals surface area contributed by atoms with Crippen molar-refractivity contribution in [3.63, 3.8) is 0 Å². The molecule has 4 aromatic rings. The largest absolute Gasteiger partial charge is 0.508 e. The molecule has 2 heterocycles. The molecule has 0 radical (unpaired) electrons. The van der Waals surface area contributed by atoms with Gasteiger partial charge in [0.05, 0.1) is 11.4 Å². The Labute approximate surface area is 175 Å². The Bertz CT molecular complexity index is 1160. The number of imidazole rings is 1. The number of fused-ring (bicyclic) bond motifs is 1. The zero-order valence-electron chi connectivity index (χ0n) is 16.8. The minimum absolute atomic E-state index is 0.170. The average Bonchev–Trinajstić information content (AvgIpc) is 3.38. The normalized spacial score (nSPS) is 14.5. The predicted molar refractivity (Wildman–Crippen MR) is 117 cm³/mol. The van der Waals surface area contributed by atoms with Crippen LogP contribution in [0.25, 0.3) is 16.9 Å². The third-order valence-corrected chi connectivity index (χ3v) is 6.05. The van der Waals surface area contributed by atoms with Crippen LogP contribution in [0.5, 0.6) is 11.6 Å². The maximum atomic E-state index is 11.0. The zero-order valence-corrected chi connectivity index (χ0v) is 16.8. The Morgan fingerprint density at radius 3 is 2.33 bits per heavy atom. The molecule has 2 aromatic heterocycles. The number of benzene rings is 2. The molecule has 1 fully saturated rings. The lowest BCUT2D eigenvalue weighted by Gasteiger charge is -2.12. The number of hydrogen-bond donors (Lipinski definition) is 2. The summed E-state index contributed by atoms with van der Waals surface area (Å²) in [6.07, 6.45) is 8.29. The van der Waals surface area contributed by atoms with E-state index in [9.17, 15) is 10.2 Å². The van der Waals surface area contributed by atoms with Gasteiger partial charge in [-0.2, -0.15) is 0 Å². The first-order valence-electron chi connectivity index (χ1n) is 10.6. The van der Waals surface area contributed by atoms with Crippen LogP contribution in [0.3, 0.4) is 0 Å². The standard InChI is InChI=1S/C25H25N3O2/c29-20-12-10-19(11-13-20)23-16-28-24(21(26-23)14-17-8-4-5-9-17)27-22(25(28)30)15-18-6-2-1-3-7-18/h1-3,6-7,10-13,16-17,29-30H,4-5,8-9,14-15H2. The van der Waals surface area contributed by atoms with Crippen LogP contribution in [-0.4, -0.2) is 24.6 Å². The van der Waals surface area contributed by atoms with Gasteiger partial charge in [-0.3, -0.25) is 4.40 Å². The summed E-state index contributed by atoms with van der Waals surface area (Å²) < 4.78 is 1.78. The molecule has 1 saturated carbocycles. The number of aromatic hydroxyl groups is 2. The molecular formula is C25H25N3O2. The molecule has 0 saturated heterocycles. The van der Waals surface area contributed by atoms with Gasteiger partial charge in [-0.25, -0.2) is 9.97 Å². The van der Waals surface area contributed by atoms with E-state index in [-0.39, 0.29) is 11.6 Å². The van der Waals surface area contributed by atoms with E-state index < -0.39 is 0 Å². The third-order valence-electron chi connectivity index (χ3n) is 6.05. The number of phenolic OH excluding ortho intramolecular Hbond substituents is 1. The molecular weight excluding hydrogens is 374 g/mol. The van der Waals surface area contributed by atoms with Gasteiger partial charge in [-0.1, -0.05) is 56.0 Å². The molecule has 0 atom stereocenters. The lowest BCUT2D eigenvalue weighted by molar-refractivity contribution is 0.442. The molecule has 2 N–H and O–H groups in total. The molecule has 1 aliphatic carbocycles. The van der Waals surface area contributed by atoms with Crippen LogP contribution in [0, 0.1) is 5.92 Å². The van der Waals surface area contributed by atoms with Gasteiger partial charge in [0.1, 0.15) is 11.4 Å². The fourth-order valence-electron chi connectivity index (χ4n) is 4.45. The lowest BCUT2D eigenvalue weighted by Crippen LogP contribution is -2.05. The van der Waals surface area contributed by atoms with Crippen molar-refractivity contribution in [3.8, 4) is 22.9 Å². The first-order valence-corrected chi connectivity index (χ1v) is 10.6. The first kappa shape index (κ1) is 18.7. The molecule has 1 aliphatic rings. The summed E-state index contributed by atoms with van der Waals surface area (Å²) in [5, 5.41) is 20.6. The van der Waals surface area contributed by atoms with Gasteiger partial charge in [0.25, 0.3) is 0 Å². The third kappa shape index (κ3) is 3.63. The molecule has 0 amide bonds. The fraction of sp³-hybridized carbons (Fsp3) is 0.280. The number of hydrogen-bond acceptors (Lipinski definition) is 4. The highest BCUT2D eigenvalue weighted by molar-refractivity contribution is 5.63. The van der Waals surface area contributed by atoms with Gasteiger partial charge in [0, 0.05) is 18.2 Å². The van der Waals surface area contributed by atoms with Gasteiger partial charge in [0.2, 0.25) is 5.88 Å². The van der Waals surface area contributed by atoms with Crippen molar-refractivity contribution >= 4 is 5.65 Å². The highest BCUT2D eigenvalue weighted by atomic mass is 16.3. The molecule has 5 heteroatoms. The van der Waals surface area contributed by atoms with E-state index in [1.54, 1.807) is 16.5 Å². The van der Waals surface area contributed by atoms with E-state index in [2.05, 4.69) is 0 Å². The van der Waals surface area contributed by atoms with E-state index in [4.69, 9.17) is 9.97 Å². The summed E-state index contributed by atoms with van der Waals surface area (Å²) in [4.78, 5) is 9.76. The second-order valence-corrected chi connectivity index (χ2v) is 8.21. The summed E-state index contributed by atoms with van der Waals surface area (Å²) in [6, 6.07) is 17.1. The molecule has 30 heavy (non-hydrogen) atoms. The topological polar surface area (TPSA) is 70.7 Å². The van der Waals surface area contributed by atoms with Crippen LogP contribution in [-0.2, 0) is 12.8 Å². The van der Waals surface area contributed by atoms with Gasteiger partial charge in [0.15, 0.2) is 5.65 Å². The van der Waals surface area contributed by atoms with Crippen LogP contribution in [0.1, 0.15) is 42.6 Å².